The van der Waals surface area contributed by atoms with Crippen molar-refractivity contribution >= 4 is 16.7 Å². The lowest BCUT2D eigenvalue weighted by Gasteiger charge is -2.11. The van der Waals surface area contributed by atoms with Gasteiger partial charge in [-0.05, 0) is 35.7 Å². The van der Waals surface area contributed by atoms with Crippen LogP contribution in [-0.4, -0.2) is 22.4 Å². The molecule has 1 N–H and O–H groups in total. The van der Waals surface area contributed by atoms with Crippen LogP contribution in [0.15, 0.2) is 54.7 Å². The third-order valence-electron chi connectivity index (χ3n) is 3.19. The number of carboxylic acid groups (broad SMARTS) is 1. The van der Waals surface area contributed by atoms with Crippen molar-refractivity contribution in [3.05, 3.63) is 60.4 Å². The molecule has 3 rings (SSSR count). The molecule has 0 fully saturated rings. The number of rotatable bonds is 4. The van der Waals surface area contributed by atoms with Gasteiger partial charge in [0.2, 0.25) is 0 Å². The van der Waals surface area contributed by atoms with E-state index in [0.29, 0.717) is 16.5 Å². The zero-order chi connectivity index (χ0) is 18.0. The molecular weight excluding hydrogens is 339 g/mol. The minimum atomic E-state index is -4.78. The van der Waals surface area contributed by atoms with Crippen LogP contribution in [0.3, 0.4) is 0 Å². The fourth-order valence-electron chi connectivity index (χ4n) is 2.17. The molecule has 0 radical (unpaired) electrons. The van der Waals surface area contributed by atoms with E-state index < -0.39 is 18.1 Å². The van der Waals surface area contributed by atoms with Crippen molar-refractivity contribution in [1.29, 1.82) is 0 Å². The number of aromatic nitrogens is 1. The standard InChI is InChI=1S/C17H10F3NO4/c18-17(19,20)25-14-3-1-2-12(8-14)24-13-5-4-10-7-15(16(22)23)21-9-11(10)6-13/h1-9H,(H,22,23). The number of carboxylic acids is 1. The molecule has 128 valence electrons. The first-order valence-electron chi connectivity index (χ1n) is 6.97. The predicted octanol–water partition coefficient (Wildman–Crippen LogP) is 4.62. The molecule has 3 aromatic rings. The zero-order valence-electron chi connectivity index (χ0n) is 12.4. The first kappa shape index (κ1) is 16.6. The number of pyridine rings is 1. The lowest BCUT2D eigenvalue weighted by Crippen LogP contribution is -2.16. The number of hydrogen-bond acceptors (Lipinski definition) is 4. The number of hydrogen-bond donors (Lipinski definition) is 1. The molecule has 0 unspecified atom stereocenters. The Balaban J connectivity index is 1.84. The Bertz CT molecular complexity index is 941. The summed E-state index contributed by atoms with van der Waals surface area (Å²) in [5, 5.41) is 10.2. The van der Waals surface area contributed by atoms with Gasteiger partial charge in [0.1, 0.15) is 22.9 Å². The first-order chi connectivity index (χ1) is 11.8. The van der Waals surface area contributed by atoms with Gasteiger partial charge in [-0.1, -0.05) is 12.1 Å². The van der Waals surface area contributed by atoms with Gasteiger partial charge in [0, 0.05) is 17.6 Å². The van der Waals surface area contributed by atoms with Crippen LogP contribution in [0.5, 0.6) is 17.2 Å². The van der Waals surface area contributed by atoms with Gasteiger partial charge in [-0.2, -0.15) is 0 Å². The Morgan fingerprint density at radius 2 is 1.68 bits per heavy atom. The van der Waals surface area contributed by atoms with E-state index in [1.807, 2.05) is 0 Å². The molecule has 0 atom stereocenters. The van der Waals surface area contributed by atoms with Crippen LogP contribution in [0.4, 0.5) is 13.2 Å². The highest BCUT2D eigenvalue weighted by atomic mass is 19.4. The largest absolute Gasteiger partial charge is 0.573 e. The van der Waals surface area contributed by atoms with Crippen molar-refractivity contribution in [3.63, 3.8) is 0 Å². The second-order valence-electron chi connectivity index (χ2n) is 5.01. The van der Waals surface area contributed by atoms with Crippen LogP contribution < -0.4 is 9.47 Å². The van der Waals surface area contributed by atoms with Gasteiger partial charge in [-0.15, -0.1) is 13.2 Å². The van der Waals surface area contributed by atoms with Crippen molar-refractivity contribution in [2.24, 2.45) is 0 Å². The molecule has 0 bridgehead atoms. The molecular formula is C17H10F3NO4. The monoisotopic (exact) mass is 349 g/mol. The van der Waals surface area contributed by atoms with Crippen LogP contribution in [0.1, 0.15) is 10.5 Å². The molecule has 1 heterocycles. The topological polar surface area (TPSA) is 68.7 Å². The molecule has 0 saturated heterocycles. The maximum atomic E-state index is 12.3. The number of alkyl halides is 3. The number of carbonyl (C=O) groups is 1. The quantitative estimate of drug-likeness (QED) is 0.744. The van der Waals surface area contributed by atoms with Crippen molar-refractivity contribution in [2.75, 3.05) is 0 Å². The SMILES string of the molecule is O=C(O)c1cc2ccc(Oc3cccc(OC(F)(F)F)c3)cc2cn1. The molecule has 0 amide bonds. The summed E-state index contributed by atoms with van der Waals surface area (Å²) in [6.07, 6.45) is -3.40. The van der Waals surface area contributed by atoms with Crippen molar-refractivity contribution < 1.29 is 32.5 Å². The average Bonchev–Trinajstić information content (AvgIpc) is 2.53. The Morgan fingerprint density at radius 3 is 2.40 bits per heavy atom. The number of aromatic carboxylic acids is 1. The Labute approximate surface area is 139 Å². The van der Waals surface area contributed by atoms with Crippen LogP contribution in [0, 0.1) is 0 Å². The molecule has 0 aliphatic rings. The Hall–Kier alpha value is -3.29. The maximum Gasteiger partial charge on any atom is 0.573 e. The number of ether oxygens (including phenoxy) is 2. The van der Waals surface area contributed by atoms with E-state index in [9.17, 15) is 18.0 Å². The van der Waals surface area contributed by atoms with E-state index in [2.05, 4.69) is 9.72 Å². The molecule has 8 heteroatoms. The van der Waals surface area contributed by atoms with E-state index in [0.717, 1.165) is 12.1 Å². The molecule has 0 spiro atoms. The molecule has 25 heavy (non-hydrogen) atoms. The van der Waals surface area contributed by atoms with Crippen LogP contribution >= 0.6 is 0 Å². The molecule has 0 aliphatic heterocycles. The van der Waals surface area contributed by atoms with Gasteiger partial charge in [-0.3, -0.25) is 0 Å². The summed E-state index contributed by atoms with van der Waals surface area (Å²) >= 11 is 0. The van der Waals surface area contributed by atoms with Gasteiger partial charge in [0.05, 0.1) is 0 Å². The fraction of sp³-hybridized carbons (Fsp3) is 0.0588. The van der Waals surface area contributed by atoms with E-state index in [1.54, 1.807) is 18.2 Å². The molecule has 0 aliphatic carbocycles. The highest BCUT2D eigenvalue weighted by Crippen LogP contribution is 2.30. The smallest absolute Gasteiger partial charge is 0.477 e. The summed E-state index contributed by atoms with van der Waals surface area (Å²) in [4.78, 5) is 14.7. The van der Waals surface area contributed by atoms with E-state index in [-0.39, 0.29) is 11.4 Å². The van der Waals surface area contributed by atoms with E-state index in [1.165, 1.54) is 24.4 Å². The second kappa shape index (κ2) is 6.31. The third kappa shape index (κ3) is 4.17. The summed E-state index contributed by atoms with van der Waals surface area (Å²) in [6.45, 7) is 0. The summed E-state index contributed by atoms with van der Waals surface area (Å²) < 4.78 is 46.1. The lowest BCUT2D eigenvalue weighted by atomic mass is 10.1. The normalized spacial score (nSPS) is 11.3. The fourth-order valence-corrected chi connectivity index (χ4v) is 2.17. The Morgan fingerprint density at radius 1 is 0.960 bits per heavy atom. The molecule has 1 aromatic heterocycles. The highest BCUT2D eigenvalue weighted by Gasteiger charge is 2.31. The minimum Gasteiger partial charge on any atom is -0.477 e. The Kier molecular flexibility index (Phi) is 4.18. The number of nitrogens with zero attached hydrogens (tertiary/aromatic N) is 1. The summed E-state index contributed by atoms with van der Waals surface area (Å²) in [6, 6.07) is 11.4. The summed E-state index contributed by atoms with van der Waals surface area (Å²) in [5.74, 6) is -1.000. The average molecular weight is 349 g/mol. The zero-order valence-corrected chi connectivity index (χ0v) is 12.4. The van der Waals surface area contributed by atoms with Crippen LogP contribution in [0.2, 0.25) is 0 Å². The van der Waals surface area contributed by atoms with Crippen molar-refractivity contribution in [3.8, 4) is 17.2 Å². The number of halogens is 3. The van der Waals surface area contributed by atoms with Gasteiger partial charge in [0.25, 0.3) is 0 Å². The maximum absolute atomic E-state index is 12.3. The van der Waals surface area contributed by atoms with Crippen molar-refractivity contribution in [2.45, 2.75) is 6.36 Å². The van der Waals surface area contributed by atoms with Gasteiger partial charge < -0.3 is 14.6 Å². The molecule has 2 aromatic carbocycles. The van der Waals surface area contributed by atoms with Gasteiger partial charge >= 0.3 is 12.3 Å². The van der Waals surface area contributed by atoms with Crippen LogP contribution in [-0.2, 0) is 0 Å². The highest BCUT2D eigenvalue weighted by molar-refractivity contribution is 5.92. The van der Waals surface area contributed by atoms with E-state index >= 15 is 0 Å². The third-order valence-corrected chi connectivity index (χ3v) is 3.19. The number of benzene rings is 2. The first-order valence-corrected chi connectivity index (χ1v) is 6.97. The lowest BCUT2D eigenvalue weighted by molar-refractivity contribution is -0.274. The summed E-state index contributed by atoms with van der Waals surface area (Å²) in [7, 11) is 0. The molecule has 5 nitrogen and oxygen atoms in total. The molecule has 0 saturated carbocycles. The van der Waals surface area contributed by atoms with Crippen LogP contribution in [0.25, 0.3) is 10.8 Å². The number of fused-ring (bicyclic) bond motifs is 1. The van der Waals surface area contributed by atoms with Gasteiger partial charge in [0.15, 0.2) is 0 Å². The predicted molar refractivity (Wildman–Crippen MR) is 81.9 cm³/mol. The summed E-state index contributed by atoms with van der Waals surface area (Å²) in [5.41, 5.74) is -0.0850. The van der Waals surface area contributed by atoms with Gasteiger partial charge in [-0.25, -0.2) is 9.78 Å². The minimum absolute atomic E-state index is 0.0850. The second-order valence-corrected chi connectivity index (χ2v) is 5.01. The van der Waals surface area contributed by atoms with E-state index in [4.69, 9.17) is 9.84 Å². The van der Waals surface area contributed by atoms with Crippen molar-refractivity contribution in [1.82, 2.24) is 4.98 Å².